The molecule has 1 heterocycles. The lowest BCUT2D eigenvalue weighted by Crippen LogP contribution is -2.18. The van der Waals surface area contributed by atoms with E-state index in [1.54, 1.807) is 0 Å². The molecule has 0 radical (unpaired) electrons. The molecule has 1 aliphatic rings. The van der Waals surface area contributed by atoms with Gasteiger partial charge in [-0.05, 0) is 35.6 Å². The van der Waals surface area contributed by atoms with Crippen LogP contribution in [-0.4, -0.2) is 4.57 Å². The van der Waals surface area contributed by atoms with E-state index in [0.29, 0.717) is 6.04 Å². The fourth-order valence-electron chi connectivity index (χ4n) is 2.68. The molecule has 1 aromatic heterocycles. The Kier molecular flexibility index (Phi) is 2.73. The standard InChI is InChI=1S/C15H18N2/c1-17-9-8-12(11-17)10-16-15-7-6-13-4-2-3-5-14(13)15/h2-5,8-9,11,15-16H,6-7,10H2,1H3. The Balaban J connectivity index is 1.68. The first-order valence-electron chi connectivity index (χ1n) is 6.25. The van der Waals surface area contributed by atoms with Crippen LogP contribution in [0.2, 0.25) is 0 Å². The molecule has 2 heteroatoms. The number of aryl methyl sites for hydroxylation is 2. The number of hydrogen-bond acceptors (Lipinski definition) is 1. The van der Waals surface area contributed by atoms with Gasteiger partial charge in [0.25, 0.3) is 0 Å². The average molecular weight is 226 g/mol. The fraction of sp³-hybridized carbons (Fsp3) is 0.333. The molecule has 1 unspecified atom stereocenters. The van der Waals surface area contributed by atoms with Gasteiger partial charge in [0.1, 0.15) is 0 Å². The van der Waals surface area contributed by atoms with Gasteiger partial charge in [0.05, 0.1) is 0 Å². The van der Waals surface area contributed by atoms with Gasteiger partial charge >= 0.3 is 0 Å². The minimum absolute atomic E-state index is 0.534. The summed E-state index contributed by atoms with van der Waals surface area (Å²) in [6, 6.07) is 11.5. The second kappa shape index (κ2) is 4.38. The molecular formula is C15H18N2. The van der Waals surface area contributed by atoms with E-state index < -0.39 is 0 Å². The van der Waals surface area contributed by atoms with Gasteiger partial charge < -0.3 is 9.88 Å². The van der Waals surface area contributed by atoms with Crippen LogP contribution in [0.4, 0.5) is 0 Å². The van der Waals surface area contributed by atoms with Gasteiger partial charge in [0.2, 0.25) is 0 Å². The molecular weight excluding hydrogens is 208 g/mol. The Hall–Kier alpha value is -1.54. The second-order valence-electron chi connectivity index (χ2n) is 4.86. The van der Waals surface area contributed by atoms with Crippen molar-refractivity contribution in [1.29, 1.82) is 0 Å². The minimum atomic E-state index is 0.534. The Morgan fingerprint density at radius 3 is 3.00 bits per heavy atom. The molecule has 17 heavy (non-hydrogen) atoms. The lowest BCUT2D eigenvalue weighted by molar-refractivity contribution is 0.530. The normalized spacial score (nSPS) is 18.3. The molecule has 0 spiro atoms. The Labute approximate surface area is 102 Å². The molecule has 1 aromatic carbocycles. The van der Waals surface area contributed by atoms with Crippen molar-refractivity contribution in [2.24, 2.45) is 7.05 Å². The second-order valence-corrected chi connectivity index (χ2v) is 4.86. The number of aromatic nitrogens is 1. The summed E-state index contributed by atoms with van der Waals surface area (Å²) in [5.41, 5.74) is 4.36. The summed E-state index contributed by atoms with van der Waals surface area (Å²) in [4.78, 5) is 0. The molecule has 3 rings (SSSR count). The molecule has 0 aliphatic heterocycles. The first-order valence-corrected chi connectivity index (χ1v) is 6.25. The number of fused-ring (bicyclic) bond motifs is 1. The molecule has 88 valence electrons. The smallest absolute Gasteiger partial charge is 0.0329 e. The van der Waals surface area contributed by atoms with Crippen LogP contribution in [0, 0.1) is 0 Å². The predicted octanol–water partition coefficient (Wildman–Crippen LogP) is 2.80. The molecule has 0 bridgehead atoms. The highest BCUT2D eigenvalue weighted by molar-refractivity contribution is 5.34. The fourth-order valence-corrected chi connectivity index (χ4v) is 2.68. The summed E-state index contributed by atoms with van der Waals surface area (Å²) in [5.74, 6) is 0. The predicted molar refractivity (Wildman–Crippen MR) is 69.8 cm³/mol. The molecule has 1 N–H and O–H groups in total. The van der Waals surface area contributed by atoms with E-state index >= 15 is 0 Å². The molecule has 0 fully saturated rings. The zero-order valence-corrected chi connectivity index (χ0v) is 10.2. The number of nitrogens with one attached hydrogen (secondary N) is 1. The first-order chi connectivity index (χ1) is 8.33. The van der Waals surface area contributed by atoms with Crippen molar-refractivity contribution in [2.75, 3.05) is 0 Å². The van der Waals surface area contributed by atoms with Crippen molar-refractivity contribution in [3.8, 4) is 0 Å². The monoisotopic (exact) mass is 226 g/mol. The summed E-state index contributed by atoms with van der Waals surface area (Å²) >= 11 is 0. The number of nitrogens with zero attached hydrogens (tertiary/aromatic N) is 1. The lowest BCUT2D eigenvalue weighted by Gasteiger charge is -2.13. The molecule has 0 saturated carbocycles. The topological polar surface area (TPSA) is 17.0 Å². The van der Waals surface area contributed by atoms with Crippen molar-refractivity contribution in [2.45, 2.75) is 25.4 Å². The quantitative estimate of drug-likeness (QED) is 0.851. The largest absolute Gasteiger partial charge is 0.357 e. The van der Waals surface area contributed by atoms with Crippen molar-refractivity contribution >= 4 is 0 Å². The van der Waals surface area contributed by atoms with Crippen LogP contribution >= 0.6 is 0 Å². The van der Waals surface area contributed by atoms with E-state index in [2.05, 4.69) is 59.7 Å². The van der Waals surface area contributed by atoms with Crippen LogP contribution in [0.1, 0.15) is 29.2 Å². The molecule has 0 saturated heterocycles. The molecule has 1 aliphatic carbocycles. The van der Waals surface area contributed by atoms with Crippen LogP contribution in [0.15, 0.2) is 42.7 Å². The average Bonchev–Trinajstić information content (AvgIpc) is 2.93. The zero-order valence-electron chi connectivity index (χ0n) is 10.2. The summed E-state index contributed by atoms with van der Waals surface area (Å²) in [7, 11) is 2.06. The van der Waals surface area contributed by atoms with Crippen molar-refractivity contribution in [1.82, 2.24) is 9.88 Å². The lowest BCUT2D eigenvalue weighted by atomic mass is 10.1. The highest BCUT2D eigenvalue weighted by Crippen LogP contribution is 2.30. The number of hydrogen-bond donors (Lipinski definition) is 1. The van der Waals surface area contributed by atoms with E-state index in [9.17, 15) is 0 Å². The van der Waals surface area contributed by atoms with E-state index in [-0.39, 0.29) is 0 Å². The maximum absolute atomic E-state index is 3.65. The third-order valence-corrected chi connectivity index (χ3v) is 3.58. The third-order valence-electron chi connectivity index (χ3n) is 3.58. The van der Waals surface area contributed by atoms with Crippen molar-refractivity contribution in [3.63, 3.8) is 0 Å². The van der Waals surface area contributed by atoms with Crippen LogP contribution in [0.5, 0.6) is 0 Å². The summed E-state index contributed by atoms with van der Waals surface area (Å²) < 4.78 is 2.10. The molecule has 2 nitrogen and oxygen atoms in total. The van der Waals surface area contributed by atoms with Gasteiger partial charge in [-0.1, -0.05) is 24.3 Å². The van der Waals surface area contributed by atoms with Gasteiger partial charge in [-0.25, -0.2) is 0 Å². The maximum Gasteiger partial charge on any atom is 0.0329 e. The molecule has 1 atom stereocenters. The van der Waals surface area contributed by atoms with Crippen LogP contribution in [-0.2, 0) is 20.0 Å². The number of benzene rings is 1. The van der Waals surface area contributed by atoms with Crippen molar-refractivity contribution in [3.05, 3.63) is 59.4 Å². The SMILES string of the molecule is Cn1ccc(CNC2CCc3ccccc32)c1. The third kappa shape index (κ3) is 2.13. The first kappa shape index (κ1) is 10.6. The minimum Gasteiger partial charge on any atom is -0.357 e. The highest BCUT2D eigenvalue weighted by Gasteiger charge is 2.20. The van der Waals surface area contributed by atoms with Crippen LogP contribution in [0.3, 0.4) is 0 Å². The van der Waals surface area contributed by atoms with E-state index in [0.717, 1.165) is 6.54 Å². The van der Waals surface area contributed by atoms with Gasteiger partial charge in [-0.2, -0.15) is 0 Å². The van der Waals surface area contributed by atoms with E-state index in [1.807, 2.05) is 0 Å². The van der Waals surface area contributed by atoms with Gasteiger partial charge in [0, 0.05) is 32.0 Å². The van der Waals surface area contributed by atoms with Gasteiger partial charge in [-0.3, -0.25) is 0 Å². The van der Waals surface area contributed by atoms with Crippen LogP contribution in [0.25, 0.3) is 0 Å². The summed E-state index contributed by atoms with van der Waals surface area (Å²) in [6.07, 6.45) is 6.71. The van der Waals surface area contributed by atoms with E-state index in [4.69, 9.17) is 0 Å². The van der Waals surface area contributed by atoms with E-state index in [1.165, 1.54) is 29.5 Å². The van der Waals surface area contributed by atoms with Gasteiger partial charge in [0.15, 0.2) is 0 Å². The Morgan fingerprint density at radius 2 is 2.18 bits per heavy atom. The Morgan fingerprint density at radius 1 is 1.29 bits per heavy atom. The van der Waals surface area contributed by atoms with Crippen LogP contribution < -0.4 is 5.32 Å². The zero-order chi connectivity index (χ0) is 11.7. The maximum atomic E-state index is 3.65. The Bertz CT molecular complexity index is 513. The van der Waals surface area contributed by atoms with Crippen molar-refractivity contribution < 1.29 is 0 Å². The summed E-state index contributed by atoms with van der Waals surface area (Å²) in [6.45, 7) is 0.958. The number of rotatable bonds is 3. The molecule has 0 amide bonds. The summed E-state index contributed by atoms with van der Waals surface area (Å²) in [5, 5.41) is 3.65. The highest BCUT2D eigenvalue weighted by atomic mass is 14.9. The van der Waals surface area contributed by atoms with Gasteiger partial charge in [-0.15, -0.1) is 0 Å². The molecule has 2 aromatic rings.